The number of nitro benzene ring substituents is 1. The number of carbonyl (C=O) groups excluding carboxylic acids is 1. The second kappa shape index (κ2) is 8.44. The molecule has 0 N–H and O–H groups in total. The largest absolute Gasteiger partial charge is 0.492 e. The van der Waals surface area contributed by atoms with Crippen LogP contribution in [0.5, 0.6) is 5.75 Å². The van der Waals surface area contributed by atoms with Gasteiger partial charge in [-0.15, -0.1) is 0 Å². The Morgan fingerprint density at radius 2 is 1.79 bits per heavy atom. The third-order valence-corrected chi connectivity index (χ3v) is 3.97. The summed E-state index contributed by atoms with van der Waals surface area (Å²) in [6, 6.07) is 13.5. The third-order valence-electron chi connectivity index (χ3n) is 3.44. The number of carbonyl (C=O) groups is 1. The van der Waals surface area contributed by atoms with Crippen molar-refractivity contribution in [1.82, 2.24) is 4.90 Å². The maximum Gasteiger partial charge on any atom is 0.269 e. The van der Waals surface area contributed by atoms with Crippen LogP contribution in [0.2, 0.25) is 0 Å². The molecule has 0 aliphatic rings. The molecule has 2 aromatic carbocycles. The van der Waals surface area contributed by atoms with Crippen LogP contribution in [0.15, 0.2) is 53.0 Å². The summed E-state index contributed by atoms with van der Waals surface area (Å²) in [4.78, 5) is 23.9. The summed E-state index contributed by atoms with van der Waals surface area (Å²) >= 11 is 3.35. The van der Waals surface area contributed by atoms with Crippen LogP contribution in [-0.4, -0.2) is 35.9 Å². The molecule has 0 saturated heterocycles. The van der Waals surface area contributed by atoms with Gasteiger partial charge in [0.2, 0.25) is 5.91 Å². The molecule has 0 spiro atoms. The summed E-state index contributed by atoms with van der Waals surface area (Å²) in [5.74, 6) is 0.678. The normalized spacial score (nSPS) is 10.2. The predicted molar refractivity (Wildman–Crippen MR) is 94.1 cm³/mol. The Bertz CT molecular complexity index is 702. The molecular weight excluding hydrogens is 376 g/mol. The molecule has 126 valence electrons. The van der Waals surface area contributed by atoms with Gasteiger partial charge in [0, 0.05) is 23.7 Å². The van der Waals surface area contributed by atoms with E-state index in [1.54, 1.807) is 24.1 Å². The van der Waals surface area contributed by atoms with Crippen LogP contribution in [0, 0.1) is 10.1 Å². The first-order valence-electron chi connectivity index (χ1n) is 7.31. The van der Waals surface area contributed by atoms with Crippen molar-refractivity contribution in [2.75, 3.05) is 20.2 Å². The zero-order chi connectivity index (χ0) is 17.5. The van der Waals surface area contributed by atoms with Gasteiger partial charge in [-0.2, -0.15) is 0 Å². The van der Waals surface area contributed by atoms with Crippen molar-refractivity contribution in [2.45, 2.75) is 6.42 Å². The van der Waals surface area contributed by atoms with Gasteiger partial charge in [-0.05, 0) is 29.8 Å². The Hall–Kier alpha value is -2.41. The molecule has 0 atom stereocenters. The van der Waals surface area contributed by atoms with Crippen LogP contribution < -0.4 is 4.74 Å². The maximum absolute atomic E-state index is 12.1. The maximum atomic E-state index is 12.1. The Morgan fingerprint density at radius 1 is 1.17 bits per heavy atom. The molecule has 0 unspecified atom stereocenters. The molecule has 0 fully saturated rings. The van der Waals surface area contributed by atoms with Crippen LogP contribution in [0.4, 0.5) is 5.69 Å². The number of likely N-dealkylation sites (N-methyl/N-ethyl adjacent to an activating group) is 1. The van der Waals surface area contributed by atoms with Gasteiger partial charge in [0.05, 0.1) is 17.9 Å². The Morgan fingerprint density at radius 3 is 2.38 bits per heavy atom. The average molecular weight is 393 g/mol. The van der Waals surface area contributed by atoms with Crippen LogP contribution in [0.1, 0.15) is 5.56 Å². The molecular formula is C17H17BrN2O4. The number of benzene rings is 2. The highest BCUT2D eigenvalue weighted by Gasteiger charge is 2.11. The summed E-state index contributed by atoms with van der Waals surface area (Å²) in [7, 11) is 1.71. The van der Waals surface area contributed by atoms with Crippen molar-refractivity contribution in [1.29, 1.82) is 0 Å². The lowest BCUT2D eigenvalue weighted by Gasteiger charge is -2.17. The average Bonchev–Trinajstić information content (AvgIpc) is 2.57. The van der Waals surface area contributed by atoms with Crippen LogP contribution in [0.3, 0.4) is 0 Å². The first-order valence-corrected chi connectivity index (χ1v) is 8.10. The zero-order valence-corrected chi connectivity index (χ0v) is 14.7. The van der Waals surface area contributed by atoms with E-state index in [2.05, 4.69) is 15.9 Å². The second-order valence-corrected chi connectivity index (χ2v) is 6.13. The van der Waals surface area contributed by atoms with Crippen molar-refractivity contribution < 1.29 is 14.5 Å². The standard InChI is InChI=1S/C17H17BrN2O4/c1-19(10-11-24-16-8-4-14(18)5-9-16)17(21)12-13-2-6-15(7-3-13)20(22)23/h2-9H,10-12H2,1H3. The lowest BCUT2D eigenvalue weighted by molar-refractivity contribution is -0.384. The van der Waals surface area contributed by atoms with Gasteiger partial charge in [0.15, 0.2) is 0 Å². The number of halogens is 1. The summed E-state index contributed by atoms with van der Waals surface area (Å²) in [6.45, 7) is 0.853. The Labute approximate surface area is 148 Å². The van der Waals surface area contributed by atoms with E-state index in [1.165, 1.54) is 12.1 Å². The quantitative estimate of drug-likeness (QED) is 0.534. The van der Waals surface area contributed by atoms with Crippen molar-refractivity contribution in [3.8, 4) is 5.75 Å². The summed E-state index contributed by atoms with van der Waals surface area (Å²) in [5.41, 5.74) is 0.758. The molecule has 0 radical (unpaired) electrons. The van der Waals surface area contributed by atoms with Crippen LogP contribution in [0.25, 0.3) is 0 Å². The molecule has 2 aromatic rings. The molecule has 7 heteroatoms. The van der Waals surface area contributed by atoms with E-state index in [0.717, 1.165) is 15.8 Å². The number of non-ortho nitro benzene ring substituents is 1. The van der Waals surface area contributed by atoms with Crippen LogP contribution >= 0.6 is 15.9 Å². The summed E-state index contributed by atoms with van der Waals surface area (Å²) in [6.07, 6.45) is 0.201. The minimum absolute atomic E-state index is 0.0162. The molecule has 2 rings (SSSR count). The Kier molecular flexibility index (Phi) is 6.31. The Balaban J connectivity index is 1.79. The van der Waals surface area contributed by atoms with Crippen LogP contribution in [-0.2, 0) is 11.2 Å². The van der Waals surface area contributed by atoms with E-state index >= 15 is 0 Å². The second-order valence-electron chi connectivity index (χ2n) is 5.22. The number of ether oxygens (including phenoxy) is 1. The van der Waals surface area contributed by atoms with E-state index in [-0.39, 0.29) is 18.0 Å². The molecule has 6 nitrogen and oxygen atoms in total. The number of rotatable bonds is 7. The van der Waals surface area contributed by atoms with Gasteiger partial charge >= 0.3 is 0 Å². The van der Waals surface area contributed by atoms with Crippen molar-refractivity contribution in [3.05, 3.63) is 68.7 Å². The van der Waals surface area contributed by atoms with Gasteiger partial charge in [-0.3, -0.25) is 14.9 Å². The fraction of sp³-hybridized carbons (Fsp3) is 0.235. The number of nitro groups is 1. The highest BCUT2D eigenvalue weighted by atomic mass is 79.9. The minimum Gasteiger partial charge on any atom is -0.492 e. The zero-order valence-electron chi connectivity index (χ0n) is 13.1. The van der Waals surface area contributed by atoms with E-state index in [4.69, 9.17) is 4.74 Å². The van der Waals surface area contributed by atoms with Gasteiger partial charge in [-0.25, -0.2) is 0 Å². The number of hydrogen-bond donors (Lipinski definition) is 0. The smallest absolute Gasteiger partial charge is 0.269 e. The van der Waals surface area contributed by atoms with Gasteiger partial charge in [0.25, 0.3) is 5.69 Å². The first-order chi connectivity index (χ1) is 11.5. The molecule has 0 saturated carbocycles. The predicted octanol–water partition coefficient (Wildman–Crippen LogP) is 3.44. The molecule has 0 aromatic heterocycles. The topological polar surface area (TPSA) is 72.7 Å². The number of hydrogen-bond acceptors (Lipinski definition) is 4. The third kappa shape index (κ3) is 5.34. The number of amides is 1. The number of nitrogens with zero attached hydrogens (tertiary/aromatic N) is 2. The van der Waals surface area contributed by atoms with Crippen molar-refractivity contribution >= 4 is 27.5 Å². The van der Waals surface area contributed by atoms with Gasteiger partial charge in [0.1, 0.15) is 12.4 Å². The lowest BCUT2D eigenvalue weighted by Crippen LogP contribution is -2.32. The van der Waals surface area contributed by atoms with Gasteiger partial charge in [-0.1, -0.05) is 28.1 Å². The van der Waals surface area contributed by atoms with E-state index in [9.17, 15) is 14.9 Å². The highest BCUT2D eigenvalue weighted by Crippen LogP contribution is 2.16. The first kappa shape index (κ1) is 17.9. The molecule has 1 amide bonds. The highest BCUT2D eigenvalue weighted by molar-refractivity contribution is 9.10. The van der Waals surface area contributed by atoms with E-state index < -0.39 is 4.92 Å². The molecule has 0 heterocycles. The fourth-order valence-corrected chi connectivity index (χ4v) is 2.27. The summed E-state index contributed by atoms with van der Waals surface area (Å²) < 4.78 is 6.56. The van der Waals surface area contributed by atoms with Crippen molar-refractivity contribution in [2.24, 2.45) is 0 Å². The fourth-order valence-electron chi connectivity index (χ4n) is 2.00. The monoisotopic (exact) mass is 392 g/mol. The van der Waals surface area contributed by atoms with E-state index in [0.29, 0.717) is 13.2 Å². The van der Waals surface area contributed by atoms with E-state index in [1.807, 2.05) is 24.3 Å². The van der Waals surface area contributed by atoms with Gasteiger partial charge < -0.3 is 9.64 Å². The summed E-state index contributed by atoms with van der Waals surface area (Å²) in [5, 5.41) is 10.6. The molecule has 0 bridgehead atoms. The molecule has 0 aliphatic carbocycles. The molecule has 24 heavy (non-hydrogen) atoms. The molecule has 0 aliphatic heterocycles. The SMILES string of the molecule is CN(CCOc1ccc(Br)cc1)C(=O)Cc1ccc([N+](=O)[O-])cc1. The lowest BCUT2D eigenvalue weighted by atomic mass is 10.1. The minimum atomic E-state index is -0.461. The van der Waals surface area contributed by atoms with Crippen molar-refractivity contribution in [3.63, 3.8) is 0 Å².